The fourth-order valence-corrected chi connectivity index (χ4v) is 7.72. The zero-order valence-corrected chi connectivity index (χ0v) is 29.3. The van der Waals surface area contributed by atoms with Crippen molar-refractivity contribution < 1.29 is 19.4 Å². The Hall–Kier alpha value is -5.38. The normalized spacial score (nSPS) is 18.0. The summed E-state index contributed by atoms with van der Waals surface area (Å²) in [5, 5.41) is 34.2. The second-order valence-electron chi connectivity index (χ2n) is 13.7. The molecule has 0 bridgehead atoms. The molecule has 262 valence electrons. The van der Waals surface area contributed by atoms with Gasteiger partial charge in [0.15, 0.2) is 11.4 Å². The third-order valence-corrected chi connectivity index (χ3v) is 10.5. The predicted molar refractivity (Wildman–Crippen MR) is 199 cm³/mol. The van der Waals surface area contributed by atoms with Gasteiger partial charge in [0.25, 0.3) is 0 Å². The van der Waals surface area contributed by atoms with Gasteiger partial charge in [-0.15, -0.1) is 0 Å². The molecule has 2 saturated heterocycles. The highest BCUT2D eigenvalue weighted by molar-refractivity contribution is 6.36. The maximum absolute atomic E-state index is 11.4. The van der Waals surface area contributed by atoms with Crippen LogP contribution in [-0.2, 0) is 17.9 Å². The van der Waals surface area contributed by atoms with Gasteiger partial charge in [0.05, 0.1) is 28.2 Å². The second kappa shape index (κ2) is 14.0. The Morgan fingerprint density at radius 1 is 1.00 bits per heavy atom. The van der Waals surface area contributed by atoms with Gasteiger partial charge in [-0.05, 0) is 85.0 Å². The number of nitriles is 1. The van der Waals surface area contributed by atoms with E-state index in [4.69, 9.17) is 26.0 Å². The van der Waals surface area contributed by atoms with Gasteiger partial charge in [-0.25, -0.2) is 9.97 Å². The van der Waals surface area contributed by atoms with Gasteiger partial charge in [-0.1, -0.05) is 35.9 Å². The van der Waals surface area contributed by atoms with Gasteiger partial charge in [0.1, 0.15) is 17.1 Å². The number of hydrogen-bond donors (Lipinski definition) is 3. The number of halogens is 1. The Labute approximate surface area is 305 Å². The molecular formula is C40H36ClN7O4. The van der Waals surface area contributed by atoms with E-state index in [0.717, 1.165) is 63.9 Å². The first-order chi connectivity index (χ1) is 25.2. The molecule has 0 spiro atoms. The van der Waals surface area contributed by atoms with Gasteiger partial charge < -0.3 is 19.9 Å². The molecule has 2 aliphatic heterocycles. The number of nitrogens with zero attached hydrogens (tertiary/aromatic N) is 6. The SMILES string of the molecule is Cc1c(Nc2nccc3cc(CN4CC[C@@H](O)C4)cnc23)cccc1-c1cccc(-c2nc3cc(CN4CC[C@@H](C(=O)O)C4)cc(C#N)c3o2)c1Cl. The summed E-state index contributed by atoms with van der Waals surface area (Å²) in [5.41, 5.74) is 8.14. The second-order valence-corrected chi connectivity index (χ2v) is 14.1. The van der Waals surface area contributed by atoms with E-state index in [0.29, 0.717) is 71.6 Å². The maximum Gasteiger partial charge on any atom is 0.307 e. The molecule has 0 radical (unpaired) electrons. The lowest BCUT2D eigenvalue weighted by molar-refractivity contribution is -0.141. The number of likely N-dealkylation sites (tertiary alicyclic amines) is 2. The molecule has 0 saturated carbocycles. The quantitative estimate of drug-likeness (QED) is 0.140. The van der Waals surface area contributed by atoms with E-state index in [2.05, 4.69) is 32.2 Å². The number of carboxylic acid groups (broad SMARTS) is 1. The molecule has 5 heterocycles. The number of rotatable bonds is 9. The minimum atomic E-state index is -0.779. The third kappa shape index (κ3) is 6.58. The first-order valence-corrected chi connectivity index (χ1v) is 17.7. The summed E-state index contributed by atoms with van der Waals surface area (Å²) in [6.07, 6.45) is 4.80. The molecule has 11 nitrogen and oxygen atoms in total. The fourth-order valence-electron chi connectivity index (χ4n) is 7.41. The van der Waals surface area contributed by atoms with Crippen molar-refractivity contribution in [2.75, 3.05) is 31.5 Å². The van der Waals surface area contributed by atoms with Crippen molar-refractivity contribution in [3.63, 3.8) is 0 Å². The molecule has 3 aromatic carbocycles. The number of aliphatic hydroxyl groups is 1. The molecule has 2 fully saturated rings. The number of β-amino-alcohol motifs (C(OH)–C–C–N with tert-alkyl or cyclic N) is 1. The van der Waals surface area contributed by atoms with Crippen LogP contribution in [-0.4, -0.2) is 73.2 Å². The molecule has 0 amide bonds. The van der Waals surface area contributed by atoms with Crippen LogP contribution < -0.4 is 5.32 Å². The molecule has 0 unspecified atom stereocenters. The van der Waals surface area contributed by atoms with Crippen molar-refractivity contribution in [2.45, 2.75) is 39.0 Å². The number of aromatic nitrogens is 3. The molecule has 12 heteroatoms. The summed E-state index contributed by atoms with van der Waals surface area (Å²) < 4.78 is 6.19. The molecule has 8 rings (SSSR count). The van der Waals surface area contributed by atoms with E-state index in [1.807, 2.05) is 61.7 Å². The number of fused-ring (bicyclic) bond motifs is 2. The zero-order chi connectivity index (χ0) is 35.9. The fraction of sp³-hybridized carbons (Fsp3) is 0.275. The Morgan fingerprint density at radius 3 is 2.56 bits per heavy atom. The average molecular weight is 714 g/mol. The van der Waals surface area contributed by atoms with Gasteiger partial charge >= 0.3 is 5.97 Å². The summed E-state index contributed by atoms with van der Waals surface area (Å²) in [7, 11) is 0. The largest absolute Gasteiger partial charge is 0.481 e. The first kappa shape index (κ1) is 33.7. The molecule has 3 N–H and O–H groups in total. The predicted octanol–water partition coefficient (Wildman–Crippen LogP) is 7.16. The van der Waals surface area contributed by atoms with E-state index in [9.17, 15) is 20.3 Å². The average Bonchev–Trinajstić information content (AvgIpc) is 3.89. The standard InChI is InChI=1S/C40H36ClN7O4/c1-23-30(4-3-7-33(23)45-38-36-26(8-11-43-38)15-25(18-44-36)20-48-13-10-29(49)22-48)31-5-2-6-32(35(31)41)39-46-34-16-24(14-28(17-42)37(34)52-39)19-47-12-9-27(21-47)40(50)51/h2-8,11,14-16,18,27,29,49H,9-10,12-13,19-22H2,1H3,(H,43,45)(H,50,51)/t27-,29-/m1/s1. The van der Waals surface area contributed by atoms with Crippen LogP contribution in [0.3, 0.4) is 0 Å². The highest BCUT2D eigenvalue weighted by Crippen LogP contribution is 2.40. The summed E-state index contributed by atoms with van der Waals surface area (Å²) in [4.78, 5) is 30.0. The Kier molecular flexibility index (Phi) is 9.07. The number of hydrogen-bond acceptors (Lipinski definition) is 10. The smallest absolute Gasteiger partial charge is 0.307 e. The van der Waals surface area contributed by atoms with Crippen molar-refractivity contribution in [2.24, 2.45) is 5.92 Å². The van der Waals surface area contributed by atoms with Gasteiger partial charge in [-0.2, -0.15) is 5.26 Å². The van der Waals surface area contributed by atoms with E-state index in [-0.39, 0.29) is 12.0 Å². The monoisotopic (exact) mass is 713 g/mol. The van der Waals surface area contributed by atoms with E-state index < -0.39 is 5.97 Å². The summed E-state index contributed by atoms with van der Waals surface area (Å²) in [6.45, 7) is 6.00. The number of oxazole rings is 1. The highest BCUT2D eigenvalue weighted by atomic mass is 35.5. The Balaban J connectivity index is 1.07. The van der Waals surface area contributed by atoms with Crippen LogP contribution >= 0.6 is 11.6 Å². The molecule has 6 aromatic rings. The van der Waals surface area contributed by atoms with Crippen LogP contribution in [0.15, 0.2) is 77.5 Å². The molecule has 52 heavy (non-hydrogen) atoms. The Bertz CT molecular complexity index is 2390. The van der Waals surface area contributed by atoms with Gasteiger partial charge in [0.2, 0.25) is 5.89 Å². The van der Waals surface area contributed by atoms with E-state index >= 15 is 0 Å². The number of benzene rings is 3. The summed E-state index contributed by atoms with van der Waals surface area (Å²) >= 11 is 7.13. The van der Waals surface area contributed by atoms with E-state index in [1.165, 1.54) is 0 Å². The van der Waals surface area contributed by atoms with Crippen LogP contribution in [0.1, 0.15) is 35.1 Å². The van der Waals surface area contributed by atoms with Crippen molar-refractivity contribution in [1.29, 1.82) is 5.26 Å². The van der Waals surface area contributed by atoms with Crippen molar-refractivity contribution in [3.8, 4) is 28.7 Å². The van der Waals surface area contributed by atoms with Crippen LogP contribution in [0.4, 0.5) is 11.5 Å². The van der Waals surface area contributed by atoms with Crippen molar-refractivity contribution in [1.82, 2.24) is 24.8 Å². The number of aliphatic carboxylic acids is 1. The number of pyridine rings is 2. The van der Waals surface area contributed by atoms with Gasteiger partial charge in [-0.3, -0.25) is 19.6 Å². The minimum absolute atomic E-state index is 0.262. The number of carbonyl (C=O) groups is 1. The van der Waals surface area contributed by atoms with Crippen LogP contribution in [0.25, 0.3) is 44.6 Å². The molecule has 0 aliphatic carbocycles. The molecule has 3 aromatic heterocycles. The number of nitrogens with one attached hydrogen (secondary N) is 1. The first-order valence-electron chi connectivity index (χ1n) is 17.3. The van der Waals surface area contributed by atoms with Gasteiger partial charge in [0, 0.05) is 61.8 Å². The van der Waals surface area contributed by atoms with Crippen molar-refractivity contribution in [3.05, 3.63) is 100 Å². The highest BCUT2D eigenvalue weighted by Gasteiger charge is 2.28. The van der Waals surface area contributed by atoms with Crippen LogP contribution in [0.2, 0.25) is 5.02 Å². The van der Waals surface area contributed by atoms with E-state index in [1.54, 1.807) is 12.3 Å². The molecule has 2 aliphatic rings. The lowest BCUT2D eigenvalue weighted by Gasteiger charge is -2.17. The number of carboxylic acids is 1. The summed E-state index contributed by atoms with van der Waals surface area (Å²) in [5.74, 6) is -0.208. The van der Waals surface area contributed by atoms with Crippen molar-refractivity contribution >= 4 is 51.1 Å². The Morgan fingerprint density at radius 2 is 1.77 bits per heavy atom. The minimum Gasteiger partial charge on any atom is -0.481 e. The zero-order valence-electron chi connectivity index (χ0n) is 28.5. The molecular weight excluding hydrogens is 678 g/mol. The summed E-state index contributed by atoms with van der Waals surface area (Å²) in [6, 6.07) is 21.7. The molecule has 2 atom stereocenters. The third-order valence-electron chi connectivity index (χ3n) is 10.1. The number of anilines is 2. The maximum atomic E-state index is 11.4. The lowest BCUT2D eigenvalue weighted by Crippen LogP contribution is -2.22. The number of aliphatic hydroxyl groups excluding tert-OH is 1. The van der Waals surface area contributed by atoms with Crippen LogP contribution in [0.5, 0.6) is 0 Å². The van der Waals surface area contributed by atoms with Crippen LogP contribution in [0, 0.1) is 24.2 Å². The topological polar surface area (TPSA) is 152 Å². The lowest BCUT2D eigenvalue weighted by atomic mass is 9.97.